The maximum atomic E-state index is 11.9. The molecule has 1 aliphatic heterocycles. The van der Waals surface area contributed by atoms with Crippen LogP contribution in [0.2, 0.25) is 0 Å². The minimum Gasteiger partial charge on any atom is -0.383 e. The van der Waals surface area contributed by atoms with Crippen molar-refractivity contribution in [1.82, 2.24) is 10.2 Å². The summed E-state index contributed by atoms with van der Waals surface area (Å²) in [5.74, 6) is 0.162. The van der Waals surface area contributed by atoms with Crippen molar-refractivity contribution in [2.45, 2.75) is 12.5 Å². The van der Waals surface area contributed by atoms with Gasteiger partial charge in [0.25, 0.3) is 0 Å². The average molecular weight is 253 g/mol. The molecule has 1 heterocycles. The fourth-order valence-corrected chi connectivity index (χ4v) is 1.45. The van der Waals surface area contributed by atoms with E-state index in [-0.39, 0.29) is 24.4 Å². The minimum absolute atomic E-state index is 0. The predicted octanol–water partition coefficient (Wildman–Crippen LogP) is -0.108. The average Bonchev–Trinajstić information content (AvgIpc) is 2.15. The Kier molecular flexibility index (Phi) is 8.56. The molecule has 0 aliphatic carbocycles. The van der Waals surface area contributed by atoms with Crippen molar-refractivity contribution in [1.29, 1.82) is 0 Å². The number of hydrogen-bond acceptors (Lipinski definition) is 4. The number of hydrogen-bond donors (Lipinski definition) is 1. The minimum atomic E-state index is 0. The first kappa shape index (κ1) is 15.6. The quantitative estimate of drug-likeness (QED) is 0.687. The summed E-state index contributed by atoms with van der Waals surface area (Å²) in [6, 6.07) is 0.0127. The molecule has 1 fully saturated rings. The molecule has 1 aliphatic rings. The Morgan fingerprint density at radius 1 is 1.31 bits per heavy atom. The third-order valence-corrected chi connectivity index (χ3v) is 2.56. The van der Waals surface area contributed by atoms with Gasteiger partial charge in [0, 0.05) is 27.3 Å². The lowest BCUT2D eigenvalue weighted by Gasteiger charge is -2.32. The van der Waals surface area contributed by atoms with Crippen molar-refractivity contribution in [2.24, 2.45) is 0 Å². The van der Waals surface area contributed by atoms with Gasteiger partial charge in [-0.1, -0.05) is 0 Å². The summed E-state index contributed by atoms with van der Waals surface area (Å²) in [5, 5.41) is 3.11. The number of ether oxygens (including phenoxy) is 2. The molecule has 0 aromatic rings. The van der Waals surface area contributed by atoms with E-state index in [9.17, 15) is 4.79 Å². The Morgan fingerprint density at radius 2 is 1.81 bits per heavy atom. The van der Waals surface area contributed by atoms with Crippen LogP contribution >= 0.6 is 12.4 Å². The monoisotopic (exact) mass is 252 g/mol. The third-order valence-electron chi connectivity index (χ3n) is 2.56. The Labute approximate surface area is 103 Å². The largest absolute Gasteiger partial charge is 0.383 e. The van der Waals surface area contributed by atoms with Crippen LogP contribution in [-0.2, 0) is 14.3 Å². The molecule has 0 aromatic heterocycles. The standard InChI is InChI=1S/C10H20N2O3.ClH/c1-14-7-5-12(6-8-15-2)10(13)9-3-4-11-9;/h9,11H,3-8H2,1-2H3;1H/t9-;/m1./s1. The maximum absolute atomic E-state index is 11.9. The molecule has 1 rings (SSSR count). The molecule has 0 aromatic carbocycles. The Morgan fingerprint density at radius 3 is 2.12 bits per heavy atom. The van der Waals surface area contributed by atoms with Crippen LogP contribution in [0.3, 0.4) is 0 Å². The van der Waals surface area contributed by atoms with Gasteiger partial charge in [-0.3, -0.25) is 4.79 Å². The number of halogens is 1. The second kappa shape index (κ2) is 8.75. The Bertz CT molecular complexity index is 193. The lowest BCUT2D eigenvalue weighted by molar-refractivity contribution is -0.136. The summed E-state index contributed by atoms with van der Waals surface area (Å²) in [6.07, 6.45) is 0.940. The van der Waals surface area contributed by atoms with Gasteiger partial charge in [-0.15, -0.1) is 12.4 Å². The number of nitrogens with one attached hydrogen (secondary N) is 1. The van der Waals surface area contributed by atoms with Crippen molar-refractivity contribution in [3.63, 3.8) is 0 Å². The Balaban J connectivity index is 0.00000225. The molecule has 16 heavy (non-hydrogen) atoms. The summed E-state index contributed by atoms with van der Waals surface area (Å²) in [5.41, 5.74) is 0. The molecule has 1 amide bonds. The van der Waals surface area contributed by atoms with Crippen LogP contribution in [0.15, 0.2) is 0 Å². The number of rotatable bonds is 7. The molecule has 1 saturated heterocycles. The first-order valence-corrected chi connectivity index (χ1v) is 5.29. The number of carbonyl (C=O) groups is 1. The molecule has 96 valence electrons. The third kappa shape index (κ3) is 4.65. The molecular weight excluding hydrogens is 232 g/mol. The zero-order valence-corrected chi connectivity index (χ0v) is 10.7. The predicted molar refractivity (Wildman–Crippen MR) is 64.0 cm³/mol. The van der Waals surface area contributed by atoms with E-state index in [2.05, 4.69) is 5.32 Å². The normalized spacial score (nSPS) is 18.5. The molecular formula is C10H21ClN2O3. The van der Waals surface area contributed by atoms with Gasteiger partial charge >= 0.3 is 0 Å². The van der Waals surface area contributed by atoms with Gasteiger partial charge in [-0.05, 0) is 13.0 Å². The molecule has 1 N–H and O–H groups in total. The van der Waals surface area contributed by atoms with Crippen LogP contribution in [0, 0.1) is 0 Å². The molecule has 6 heteroatoms. The van der Waals surface area contributed by atoms with Gasteiger partial charge in [0.2, 0.25) is 5.91 Å². The zero-order valence-electron chi connectivity index (χ0n) is 9.90. The lowest BCUT2D eigenvalue weighted by atomic mass is 10.1. The van der Waals surface area contributed by atoms with Gasteiger partial charge in [0.1, 0.15) is 0 Å². The first-order valence-electron chi connectivity index (χ1n) is 5.29. The maximum Gasteiger partial charge on any atom is 0.239 e. The van der Waals surface area contributed by atoms with Gasteiger partial charge in [0.15, 0.2) is 0 Å². The fourth-order valence-electron chi connectivity index (χ4n) is 1.45. The van der Waals surface area contributed by atoms with Crippen LogP contribution in [0.25, 0.3) is 0 Å². The van der Waals surface area contributed by atoms with Crippen LogP contribution in [-0.4, -0.2) is 63.9 Å². The van der Waals surface area contributed by atoms with Crippen LogP contribution in [0.1, 0.15) is 6.42 Å². The summed E-state index contributed by atoms with van der Waals surface area (Å²) in [6.45, 7) is 3.36. The van der Waals surface area contributed by atoms with E-state index < -0.39 is 0 Å². The van der Waals surface area contributed by atoms with E-state index in [1.54, 1.807) is 19.1 Å². The molecule has 0 spiro atoms. The summed E-state index contributed by atoms with van der Waals surface area (Å²) in [7, 11) is 3.28. The summed E-state index contributed by atoms with van der Waals surface area (Å²) < 4.78 is 9.96. The van der Waals surface area contributed by atoms with E-state index in [0.717, 1.165) is 13.0 Å². The molecule has 0 unspecified atom stereocenters. The van der Waals surface area contributed by atoms with E-state index in [0.29, 0.717) is 26.3 Å². The molecule has 1 atom stereocenters. The van der Waals surface area contributed by atoms with Crippen molar-refractivity contribution in [3.05, 3.63) is 0 Å². The highest BCUT2D eigenvalue weighted by Gasteiger charge is 2.28. The molecule has 0 saturated carbocycles. The number of methoxy groups -OCH3 is 2. The van der Waals surface area contributed by atoms with Gasteiger partial charge < -0.3 is 19.7 Å². The fraction of sp³-hybridized carbons (Fsp3) is 0.900. The molecule has 0 radical (unpaired) electrons. The lowest BCUT2D eigenvalue weighted by Crippen LogP contribution is -2.55. The number of amides is 1. The van der Waals surface area contributed by atoms with Crippen LogP contribution < -0.4 is 5.32 Å². The van der Waals surface area contributed by atoms with Gasteiger partial charge in [0.05, 0.1) is 19.3 Å². The number of nitrogens with zero attached hydrogens (tertiary/aromatic N) is 1. The topological polar surface area (TPSA) is 50.8 Å². The second-order valence-corrected chi connectivity index (χ2v) is 3.61. The highest BCUT2D eigenvalue weighted by molar-refractivity contribution is 5.85. The molecule has 0 bridgehead atoms. The molecule has 5 nitrogen and oxygen atoms in total. The number of carbonyl (C=O) groups excluding carboxylic acids is 1. The van der Waals surface area contributed by atoms with E-state index >= 15 is 0 Å². The highest BCUT2D eigenvalue weighted by atomic mass is 35.5. The smallest absolute Gasteiger partial charge is 0.239 e. The van der Waals surface area contributed by atoms with E-state index in [1.165, 1.54) is 0 Å². The van der Waals surface area contributed by atoms with Crippen LogP contribution in [0.5, 0.6) is 0 Å². The SMILES string of the molecule is COCCN(CCOC)C(=O)[C@H]1CCN1.Cl. The van der Waals surface area contributed by atoms with E-state index in [4.69, 9.17) is 9.47 Å². The van der Waals surface area contributed by atoms with Crippen molar-refractivity contribution in [3.8, 4) is 0 Å². The van der Waals surface area contributed by atoms with Crippen molar-refractivity contribution < 1.29 is 14.3 Å². The summed E-state index contributed by atoms with van der Waals surface area (Å²) in [4.78, 5) is 13.7. The van der Waals surface area contributed by atoms with Gasteiger partial charge in [-0.2, -0.15) is 0 Å². The van der Waals surface area contributed by atoms with Crippen molar-refractivity contribution in [2.75, 3.05) is 47.1 Å². The van der Waals surface area contributed by atoms with Gasteiger partial charge in [-0.25, -0.2) is 0 Å². The van der Waals surface area contributed by atoms with Crippen LogP contribution in [0.4, 0.5) is 0 Å². The summed E-state index contributed by atoms with van der Waals surface area (Å²) >= 11 is 0. The Hall–Kier alpha value is -0.360. The van der Waals surface area contributed by atoms with E-state index in [1.807, 2.05) is 0 Å². The van der Waals surface area contributed by atoms with Crippen molar-refractivity contribution >= 4 is 18.3 Å². The highest BCUT2D eigenvalue weighted by Crippen LogP contribution is 2.06. The first-order chi connectivity index (χ1) is 7.29. The second-order valence-electron chi connectivity index (χ2n) is 3.61. The zero-order chi connectivity index (χ0) is 11.1.